The summed E-state index contributed by atoms with van der Waals surface area (Å²) >= 11 is 13.2. The number of nitrogens with one attached hydrogen (secondary N) is 1. The Bertz CT molecular complexity index is 1730. The van der Waals surface area contributed by atoms with E-state index in [1.807, 2.05) is 64.1 Å². The average Bonchev–Trinajstić information content (AvgIpc) is 3.02. The summed E-state index contributed by atoms with van der Waals surface area (Å²) in [4.78, 5) is 30.1. The monoisotopic (exact) mass is 679 g/mol. The lowest BCUT2D eigenvalue weighted by Crippen LogP contribution is -2.54. The number of carbonyl (C=O) groups excluding carboxylic acids is 2. The first kappa shape index (κ1) is 35.0. The highest BCUT2D eigenvalue weighted by Crippen LogP contribution is 2.30. The molecule has 4 aromatic carbocycles. The maximum atomic E-state index is 14.6. The van der Waals surface area contributed by atoms with E-state index < -0.39 is 28.5 Å². The molecule has 0 unspecified atom stereocenters. The molecule has 2 atom stereocenters. The quantitative estimate of drug-likeness (QED) is 0.160. The Labute approximate surface area is 282 Å². The van der Waals surface area contributed by atoms with Gasteiger partial charge in [0.2, 0.25) is 11.8 Å². The lowest BCUT2D eigenvalue weighted by molar-refractivity contribution is -0.140. The molecule has 0 spiro atoms. The first-order valence-corrected chi connectivity index (χ1v) is 17.3. The number of rotatable bonds is 13. The van der Waals surface area contributed by atoms with E-state index in [2.05, 4.69) is 5.32 Å². The Morgan fingerprint density at radius 1 is 0.826 bits per heavy atom. The lowest BCUT2D eigenvalue weighted by atomic mass is 10.0. The van der Waals surface area contributed by atoms with E-state index >= 15 is 0 Å². The summed E-state index contributed by atoms with van der Waals surface area (Å²) < 4.78 is 29.5. The topological polar surface area (TPSA) is 86.8 Å². The standard InChI is InChI=1S/C36H39Cl2N3O4S/c1-5-27(4)39-36(43)34(22-28-13-8-6-9-14-28)40(23-31-32(37)17-12-18-33(31)38)35(42)24-41(29-20-25(2)19-26(3)21-29)46(44,45)30-15-10-7-11-16-30/h6-21,27,34H,5,22-24H2,1-4H3,(H,39,43)/t27-,34-/m1/s1. The van der Waals surface area contributed by atoms with Gasteiger partial charge in [-0.25, -0.2) is 8.42 Å². The fourth-order valence-electron chi connectivity index (χ4n) is 5.19. The van der Waals surface area contributed by atoms with E-state index in [1.165, 1.54) is 17.0 Å². The number of amides is 2. The molecule has 0 aliphatic heterocycles. The average molecular weight is 681 g/mol. The van der Waals surface area contributed by atoms with Crippen molar-refractivity contribution in [3.8, 4) is 0 Å². The minimum absolute atomic E-state index is 0.0398. The van der Waals surface area contributed by atoms with Crippen molar-refractivity contribution in [2.45, 2.75) is 64.1 Å². The maximum absolute atomic E-state index is 14.6. The Morgan fingerprint density at radius 2 is 1.39 bits per heavy atom. The SMILES string of the molecule is CC[C@@H](C)NC(=O)[C@@H](Cc1ccccc1)N(Cc1c(Cl)cccc1Cl)C(=O)CN(c1cc(C)cc(C)c1)S(=O)(=O)c1ccccc1. The molecule has 10 heteroatoms. The number of nitrogens with zero attached hydrogens (tertiary/aromatic N) is 2. The van der Waals surface area contributed by atoms with E-state index in [-0.39, 0.29) is 29.8 Å². The van der Waals surface area contributed by atoms with Gasteiger partial charge in [-0.3, -0.25) is 13.9 Å². The Balaban J connectivity index is 1.86. The summed E-state index contributed by atoms with van der Waals surface area (Å²) in [6.45, 7) is 6.90. The van der Waals surface area contributed by atoms with Crippen LogP contribution in [0.5, 0.6) is 0 Å². The maximum Gasteiger partial charge on any atom is 0.264 e. The van der Waals surface area contributed by atoms with Gasteiger partial charge in [0.25, 0.3) is 10.0 Å². The van der Waals surface area contributed by atoms with Crippen molar-refractivity contribution < 1.29 is 18.0 Å². The smallest absolute Gasteiger partial charge is 0.264 e. The summed E-state index contributed by atoms with van der Waals surface area (Å²) in [5, 5.41) is 3.68. The number of sulfonamides is 1. The van der Waals surface area contributed by atoms with Crippen LogP contribution < -0.4 is 9.62 Å². The molecular formula is C36H39Cl2N3O4S. The number of halogens is 2. The van der Waals surface area contributed by atoms with Crippen LogP contribution in [0.3, 0.4) is 0 Å². The Kier molecular flexibility index (Phi) is 11.9. The highest BCUT2D eigenvalue weighted by atomic mass is 35.5. The van der Waals surface area contributed by atoms with E-state index in [4.69, 9.17) is 23.2 Å². The molecule has 46 heavy (non-hydrogen) atoms. The molecule has 0 aliphatic rings. The molecule has 0 aromatic heterocycles. The van der Waals surface area contributed by atoms with Gasteiger partial charge in [0.1, 0.15) is 12.6 Å². The minimum Gasteiger partial charge on any atom is -0.352 e. The van der Waals surface area contributed by atoms with Crippen LogP contribution >= 0.6 is 23.2 Å². The second kappa shape index (κ2) is 15.6. The fourth-order valence-corrected chi connectivity index (χ4v) is 7.13. The number of carbonyl (C=O) groups is 2. The molecule has 0 heterocycles. The normalized spacial score (nSPS) is 12.7. The van der Waals surface area contributed by atoms with Crippen molar-refractivity contribution >= 4 is 50.7 Å². The third-order valence-electron chi connectivity index (χ3n) is 7.77. The lowest BCUT2D eigenvalue weighted by Gasteiger charge is -2.34. The zero-order valence-electron chi connectivity index (χ0n) is 26.4. The number of aryl methyl sites for hydroxylation is 2. The van der Waals surface area contributed by atoms with Gasteiger partial charge >= 0.3 is 0 Å². The fraction of sp³-hybridized carbons (Fsp3) is 0.278. The first-order chi connectivity index (χ1) is 21.9. The molecule has 0 bridgehead atoms. The molecule has 4 aromatic rings. The predicted molar refractivity (Wildman–Crippen MR) is 186 cm³/mol. The minimum atomic E-state index is -4.20. The van der Waals surface area contributed by atoms with Crippen LogP contribution in [0.1, 0.15) is 42.5 Å². The predicted octanol–water partition coefficient (Wildman–Crippen LogP) is 7.36. The van der Waals surface area contributed by atoms with Crippen LogP contribution in [0, 0.1) is 13.8 Å². The third-order valence-corrected chi connectivity index (χ3v) is 10.3. The summed E-state index contributed by atoms with van der Waals surface area (Å²) in [5.74, 6) is -0.950. The molecule has 2 amide bonds. The van der Waals surface area contributed by atoms with Crippen LogP contribution in [0.2, 0.25) is 10.0 Å². The summed E-state index contributed by atoms with van der Waals surface area (Å²) in [7, 11) is -4.20. The van der Waals surface area contributed by atoms with E-state index in [9.17, 15) is 18.0 Å². The molecule has 1 N–H and O–H groups in total. The Morgan fingerprint density at radius 3 is 1.96 bits per heavy atom. The number of hydrogen-bond acceptors (Lipinski definition) is 4. The summed E-state index contributed by atoms with van der Waals surface area (Å²) in [5.41, 5.74) is 3.31. The molecule has 7 nitrogen and oxygen atoms in total. The van der Waals surface area contributed by atoms with Gasteiger partial charge < -0.3 is 10.2 Å². The van der Waals surface area contributed by atoms with Crippen LogP contribution in [0.15, 0.2) is 102 Å². The number of anilines is 1. The molecule has 4 rings (SSSR count). The molecule has 0 aliphatic carbocycles. The second-order valence-corrected chi connectivity index (χ2v) is 14.1. The zero-order chi connectivity index (χ0) is 33.4. The van der Waals surface area contributed by atoms with E-state index in [1.54, 1.807) is 48.5 Å². The second-order valence-electron chi connectivity index (χ2n) is 11.4. The van der Waals surface area contributed by atoms with Crippen molar-refractivity contribution in [2.75, 3.05) is 10.8 Å². The molecule has 0 saturated heterocycles. The van der Waals surface area contributed by atoms with Crippen LogP contribution in [0.4, 0.5) is 5.69 Å². The molecule has 242 valence electrons. The number of hydrogen-bond donors (Lipinski definition) is 1. The highest BCUT2D eigenvalue weighted by Gasteiger charge is 2.35. The van der Waals surface area contributed by atoms with Crippen LogP contribution in [0.25, 0.3) is 0 Å². The third kappa shape index (κ3) is 8.69. The van der Waals surface area contributed by atoms with Crippen LogP contribution in [-0.2, 0) is 32.6 Å². The van der Waals surface area contributed by atoms with Gasteiger partial charge in [0.05, 0.1) is 10.6 Å². The van der Waals surface area contributed by atoms with Crippen molar-refractivity contribution in [2.24, 2.45) is 0 Å². The molecular weight excluding hydrogens is 641 g/mol. The van der Waals surface area contributed by atoms with Crippen molar-refractivity contribution in [1.29, 1.82) is 0 Å². The van der Waals surface area contributed by atoms with Gasteiger partial charge in [-0.2, -0.15) is 0 Å². The largest absolute Gasteiger partial charge is 0.352 e. The van der Waals surface area contributed by atoms with Crippen LogP contribution in [-0.4, -0.2) is 43.8 Å². The molecule has 0 saturated carbocycles. The van der Waals surface area contributed by atoms with Crippen molar-refractivity contribution in [1.82, 2.24) is 10.2 Å². The van der Waals surface area contributed by atoms with Crippen molar-refractivity contribution in [3.63, 3.8) is 0 Å². The highest BCUT2D eigenvalue weighted by molar-refractivity contribution is 7.92. The van der Waals surface area contributed by atoms with E-state index in [0.717, 1.165) is 21.0 Å². The summed E-state index contributed by atoms with van der Waals surface area (Å²) in [6, 6.07) is 26.6. The number of benzene rings is 4. The van der Waals surface area contributed by atoms with Gasteiger partial charge in [-0.15, -0.1) is 0 Å². The molecule has 0 radical (unpaired) electrons. The van der Waals surface area contributed by atoms with Gasteiger partial charge in [0.15, 0.2) is 0 Å². The van der Waals surface area contributed by atoms with E-state index in [0.29, 0.717) is 27.7 Å². The van der Waals surface area contributed by atoms with Gasteiger partial charge in [-0.1, -0.05) is 90.8 Å². The summed E-state index contributed by atoms with van der Waals surface area (Å²) in [6.07, 6.45) is 0.871. The zero-order valence-corrected chi connectivity index (χ0v) is 28.7. The van der Waals surface area contributed by atoms with Crippen molar-refractivity contribution in [3.05, 3.63) is 129 Å². The molecule has 0 fully saturated rings. The van der Waals surface area contributed by atoms with Gasteiger partial charge in [0, 0.05) is 34.6 Å². The van der Waals surface area contributed by atoms with Gasteiger partial charge in [-0.05, 0) is 80.3 Å². The Hall–Kier alpha value is -3.85. The first-order valence-electron chi connectivity index (χ1n) is 15.1.